The van der Waals surface area contributed by atoms with E-state index in [0.29, 0.717) is 0 Å². The Kier molecular flexibility index (Phi) is 3.00. The molecule has 0 aliphatic rings. The fraction of sp³-hybridized carbons (Fsp3) is 0.176. The number of fused-ring (bicyclic) bond motifs is 1. The maximum atomic E-state index is 4.32. The summed E-state index contributed by atoms with van der Waals surface area (Å²) in [6.45, 7) is 5.01. The highest BCUT2D eigenvalue weighted by Crippen LogP contribution is 2.18. The summed E-state index contributed by atoms with van der Waals surface area (Å²) < 4.78 is 2.25. The molecular weight excluding hydrogens is 232 g/mol. The number of nitrogens with zero attached hydrogens (tertiary/aromatic N) is 2. The van der Waals surface area contributed by atoms with Gasteiger partial charge < -0.3 is 0 Å². The summed E-state index contributed by atoms with van der Waals surface area (Å²) in [5, 5.41) is 2.62. The summed E-state index contributed by atoms with van der Waals surface area (Å²) in [7, 11) is 0. The Hall–Kier alpha value is -2.22. The molecule has 0 saturated carbocycles. The first kappa shape index (κ1) is 11.8. The number of hydrogen-bond donors (Lipinski definition) is 0. The van der Waals surface area contributed by atoms with Crippen LogP contribution < -0.4 is 4.57 Å². The first-order valence-corrected chi connectivity index (χ1v) is 6.53. The number of hydrogen-bond acceptors (Lipinski definition) is 1. The summed E-state index contributed by atoms with van der Waals surface area (Å²) in [6, 6.07) is 15.0. The normalized spacial score (nSPS) is 10.8. The zero-order valence-corrected chi connectivity index (χ0v) is 11.3. The molecule has 0 aliphatic carbocycles. The predicted octanol–water partition coefficient (Wildman–Crippen LogP) is 3.19. The molecule has 1 heterocycles. The van der Waals surface area contributed by atoms with Crippen molar-refractivity contribution in [2.75, 3.05) is 0 Å². The quantitative estimate of drug-likeness (QED) is 0.637. The van der Waals surface area contributed by atoms with E-state index in [2.05, 4.69) is 65.1 Å². The van der Waals surface area contributed by atoms with E-state index in [9.17, 15) is 0 Å². The van der Waals surface area contributed by atoms with Gasteiger partial charge in [-0.3, -0.25) is 0 Å². The molecule has 0 N–H and O–H groups in total. The van der Waals surface area contributed by atoms with Gasteiger partial charge in [0.25, 0.3) is 0 Å². The average Bonchev–Trinajstić information content (AvgIpc) is 2.43. The van der Waals surface area contributed by atoms with Gasteiger partial charge in [-0.2, -0.15) is 4.57 Å². The highest BCUT2D eigenvalue weighted by molar-refractivity contribution is 5.85. The van der Waals surface area contributed by atoms with Crippen LogP contribution in [-0.2, 0) is 6.54 Å². The Morgan fingerprint density at radius 2 is 1.79 bits per heavy atom. The lowest BCUT2D eigenvalue weighted by Gasteiger charge is -2.05. The van der Waals surface area contributed by atoms with Crippen LogP contribution in [0.3, 0.4) is 0 Å². The maximum absolute atomic E-state index is 4.32. The zero-order valence-electron chi connectivity index (χ0n) is 11.3. The van der Waals surface area contributed by atoms with Crippen LogP contribution in [0.5, 0.6) is 0 Å². The standard InChI is InChI=1S/C17H17N2/c1-13-11-19(14(2)10-18-13)12-16-8-5-7-15-6-3-4-9-17(15)16/h3-11H,12H2,1-2H3/q+1. The number of aromatic nitrogens is 2. The van der Waals surface area contributed by atoms with Crippen molar-refractivity contribution >= 4 is 10.8 Å². The van der Waals surface area contributed by atoms with E-state index in [1.54, 1.807) is 0 Å². The first-order chi connectivity index (χ1) is 9.24. The van der Waals surface area contributed by atoms with Gasteiger partial charge in [-0.25, -0.2) is 4.98 Å². The predicted molar refractivity (Wildman–Crippen MR) is 77.0 cm³/mol. The van der Waals surface area contributed by atoms with Crippen molar-refractivity contribution in [3.63, 3.8) is 0 Å². The molecule has 2 aromatic carbocycles. The Bertz CT molecular complexity index is 727. The molecule has 0 amide bonds. The van der Waals surface area contributed by atoms with Crippen LogP contribution in [0.2, 0.25) is 0 Å². The van der Waals surface area contributed by atoms with Crippen molar-refractivity contribution in [2.45, 2.75) is 20.4 Å². The lowest BCUT2D eigenvalue weighted by molar-refractivity contribution is -0.694. The molecule has 2 heteroatoms. The van der Waals surface area contributed by atoms with Gasteiger partial charge in [0.2, 0.25) is 0 Å². The van der Waals surface area contributed by atoms with Crippen LogP contribution in [-0.4, -0.2) is 4.98 Å². The number of rotatable bonds is 2. The minimum atomic E-state index is 0.885. The molecule has 0 fully saturated rings. The van der Waals surface area contributed by atoms with E-state index >= 15 is 0 Å². The summed E-state index contributed by atoms with van der Waals surface area (Å²) in [4.78, 5) is 4.32. The Labute approximate surface area is 113 Å². The second-order valence-corrected chi connectivity index (χ2v) is 4.94. The topological polar surface area (TPSA) is 16.8 Å². The van der Waals surface area contributed by atoms with Crippen molar-refractivity contribution < 1.29 is 4.57 Å². The monoisotopic (exact) mass is 249 g/mol. The van der Waals surface area contributed by atoms with Gasteiger partial charge in [0, 0.05) is 12.5 Å². The van der Waals surface area contributed by atoms with Crippen LogP contribution in [0.15, 0.2) is 54.9 Å². The van der Waals surface area contributed by atoms with Crippen molar-refractivity contribution in [1.29, 1.82) is 0 Å². The third-order valence-electron chi connectivity index (χ3n) is 3.47. The van der Waals surface area contributed by atoms with Crippen molar-refractivity contribution in [3.8, 4) is 0 Å². The van der Waals surface area contributed by atoms with Gasteiger partial charge in [0.1, 0.15) is 5.69 Å². The number of benzene rings is 2. The molecule has 0 radical (unpaired) electrons. The van der Waals surface area contributed by atoms with Gasteiger partial charge in [-0.15, -0.1) is 0 Å². The average molecular weight is 249 g/mol. The summed E-state index contributed by atoms with van der Waals surface area (Å²) >= 11 is 0. The van der Waals surface area contributed by atoms with Crippen LogP contribution >= 0.6 is 0 Å². The van der Waals surface area contributed by atoms with E-state index in [0.717, 1.165) is 12.2 Å². The summed E-state index contributed by atoms with van der Waals surface area (Å²) in [5.74, 6) is 0. The van der Waals surface area contributed by atoms with E-state index in [-0.39, 0.29) is 0 Å². The van der Waals surface area contributed by atoms with Gasteiger partial charge in [-0.1, -0.05) is 42.5 Å². The van der Waals surface area contributed by atoms with E-state index in [1.165, 1.54) is 22.0 Å². The fourth-order valence-corrected chi connectivity index (χ4v) is 2.41. The molecule has 0 saturated heterocycles. The van der Waals surface area contributed by atoms with E-state index in [4.69, 9.17) is 0 Å². The highest BCUT2D eigenvalue weighted by atomic mass is 15.0. The van der Waals surface area contributed by atoms with Crippen molar-refractivity contribution in [2.24, 2.45) is 0 Å². The van der Waals surface area contributed by atoms with E-state index in [1.807, 2.05) is 13.1 Å². The van der Waals surface area contributed by atoms with Gasteiger partial charge >= 0.3 is 0 Å². The van der Waals surface area contributed by atoms with Crippen LogP contribution in [0, 0.1) is 13.8 Å². The third-order valence-corrected chi connectivity index (χ3v) is 3.47. The van der Waals surface area contributed by atoms with Crippen LogP contribution in [0.4, 0.5) is 0 Å². The van der Waals surface area contributed by atoms with Crippen LogP contribution in [0.25, 0.3) is 10.8 Å². The maximum Gasteiger partial charge on any atom is 0.196 e. The Morgan fingerprint density at radius 1 is 1.00 bits per heavy atom. The molecule has 2 nitrogen and oxygen atoms in total. The molecule has 0 bridgehead atoms. The second kappa shape index (κ2) is 4.81. The molecule has 0 atom stereocenters. The van der Waals surface area contributed by atoms with Gasteiger partial charge in [0.15, 0.2) is 18.4 Å². The molecule has 1 aromatic heterocycles. The minimum absolute atomic E-state index is 0.885. The van der Waals surface area contributed by atoms with Crippen molar-refractivity contribution in [1.82, 2.24) is 4.98 Å². The second-order valence-electron chi connectivity index (χ2n) is 4.94. The molecule has 94 valence electrons. The van der Waals surface area contributed by atoms with Gasteiger partial charge in [0.05, 0.1) is 6.20 Å². The fourth-order valence-electron chi connectivity index (χ4n) is 2.41. The lowest BCUT2D eigenvalue weighted by atomic mass is 10.0. The highest BCUT2D eigenvalue weighted by Gasteiger charge is 2.10. The zero-order chi connectivity index (χ0) is 13.2. The summed E-state index contributed by atoms with van der Waals surface area (Å²) in [5.41, 5.74) is 3.57. The Morgan fingerprint density at radius 3 is 2.68 bits per heavy atom. The number of aryl methyl sites for hydroxylation is 2. The SMILES string of the molecule is Cc1c[n+](Cc2cccc3ccccc23)c(C)cn1. The van der Waals surface area contributed by atoms with Gasteiger partial charge in [-0.05, 0) is 17.7 Å². The minimum Gasteiger partial charge on any atom is -0.249 e. The first-order valence-electron chi connectivity index (χ1n) is 6.53. The van der Waals surface area contributed by atoms with Crippen LogP contribution in [0.1, 0.15) is 17.0 Å². The molecule has 19 heavy (non-hydrogen) atoms. The van der Waals surface area contributed by atoms with Crippen molar-refractivity contribution in [3.05, 3.63) is 71.8 Å². The smallest absolute Gasteiger partial charge is 0.196 e. The molecule has 0 aliphatic heterocycles. The molecule has 3 rings (SSSR count). The summed E-state index contributed by atoms with van der Waals surface area (Å²) in [6.07, 6.45) is 4.04. The molecule has 3 aromatic rings. The van der Waals surface area contributed by atoms with E-state index < -0.39 is 0 Å². The largest absolute Gasteiger partial charge is 0.249 e. The Balaban J connectivity index is 2.08. The molecular formula is C17H17N2+. The molecule has 0 spiro atoms. The third kappa shape index (κ3) is 2.34. The lowest BCUT2D eigenvalue weighted by Crippen LogP contribution is -2.38. The molecule has 0 unspecified atom stereocenters.